The van der Waals surface area contributed by atoms with Crippen molar-refractivity contribution in [3.63, 3.8) is 0 Å². The molecule has 1 aliphatic heterocycles. The van der Waals surface area contributed by atoms with E-state index in [0.717, 1.165) is 18.8 Å². The summed E-state index contributed by atoms with van der Waals surface area (Å²) in [6, 6.07) is 7.22. The molecule has 1 atom stereocenters. The molecule has 1 unspecified atom stereocenters. The van der Waals surface area contributed by atoms with Crippen LogP contribution in [0, 0.1) is 0 Å². The Morgan fingerprint density at radius 3 is 2.75 bits per heavy atom. The number of ether oxygens (including phenoxy) is 1. The van der Waals surface area contributed by atoms with E-state index in [0.29, 0.717) is 18.2 Å². The van der Waals surface area contributed by atoms with Gasteiger partial charge in [0.15, 0.2) is 0 Å². The SMILES string of the molecule is CC1CCCCCN1CCOc1ccc(C(=O)O)cc1. The van der Waals surface area contributed by atoms with Gasteiger partial charge in [0.05, 0.1) is 5.56 Å². The minimum Gasteiger partial charge on any atom is -0.492 e. The smallest absolute Gasteiger partial charge is 0.335 e. The highest BCUT2D eigenvalue weighted by Crippen LogP contribution is 2.16. The predicted molar refractivity (Wildman–Crippen MR) is 78.4 cm³/mol. The molecule has 0 aromatic heterocycles. The van der Waals surface area contributed by atoms with Gasteiger partial charge in [-0.3, -0.25) is 4.90 Å². The molecule has 110 valence electrons. The Balaban J connectivity index is 1.78. The zero-order chi connectivity index (χ0) is 14.4. The average Bonchev–Trinajstić information content (AvgIpc) is 2.65. The second-order valence-electron chi connectivity index (χ2n) is 5.41. The summed E-state index contributed by atoms with van der Waals surface area (Å²) in [6.45, 7) is 5.02. The van der Waals surface area contributed by atoms with Crippen molar-refractivity contribution < 1.29 is 14.6 Å². The first-order valence-electron chi connectivity index (χ1n) is 7.37. The highest BCUT2D eigenvalue weighted by molar-refractivity contribution is 5.87. The van der Waals surface area contributed by atoms with Gasteiger partial charge >= 0.3 is 5.97 Å². The van der Waals surface area contributed by atoms with E-state index in [-0.39, 0.29) is 0 Å². The van der Waals surface area contributed by atoms with Crippen LogP contribution in [0.15, 0.2) is 24.3 Å². The van der Waals surface area contributed by atoms with Gasteiger partial charge in [0, 0.05) is 12.6 Å². The first-order valence-corrected chi connectivity index (χ1v) is 7.37. The second-order valence-corrected chi connectivity index (χ2v) is 5.41. The molecule has 20 heavy (non-hydrogen) atoms. The normalized spacial score (nSPS) is 20.4. The fourth-order valence-corrected chi connectivity index (χ4v) is 2.64. The van der Waals surface area contributed by atoms with Crippen molar-refractivity contribution in [3.8, 4) is 5.75 Å². The van der Waals surface area contributed by atoms with Gasteiger partial charge in [0.2, 0.25) is 0 Å². The highest BCUT2D eigenvalue weighted by Gasteiger charge is 2.16. The maximum atomic E-state index is 10.8. The fourth-order valence-electron chi connectivity index (χ4n) is 2.64. The Morgan fingerprint density at radius 2 is 2.05 bits per heavy atom. The molecule has 1 aromatic carbocycles. The minimum atomic E-state index is -0.907. The predicted octanol–water partition coefficient (Wildman–Crippen LogP) is 3.03. The van der Waals surface area contributed by atoms with E-state index in [1.165, 1.54) is 25.7 Å². The van der Waals surface area contributed by atoms with Crippen LogP contribution in [0.4, 0.5) is 0 Å². The highest BCUT2D eigenvalue weighted by atomic mass is 16.5. The molecule has 2 rings (SSSR count). The molecule has 1 fully saturated rings. The molecular formula is C16H23NO3. The van der Waals surface area contributed by atoms with Gasteiger partial charge < -0.3 is 9.84 Å². The summed E-state index contributed by atoms with van der Waals surface area (Å²) in [5, 5.41) is 8.83. The number of carboxylic acids is 1. The van der Waals surface area contributed by atoms with Crippen molar-refractivity contribution in [2.24, 2.45) is 0 Å². The standard InChI is InChI=1S/C16H23NO3/c1-13-5-3-2-4-10-17(13)11-12-20-15-8-6-14(7-9-15)16(18)19/h6-9,13H,2-5,10-12H2,1H3,(H,18,19). The van der Waals surface area contributed by atoms with Crippen LogP contribution >= 0.6 is 0 Å². The van der Waals surface area contributed by atoms with E-state index < -0.39 is 5.97 Å². The van der Waals surface area contributed by atoms with Crippen molar-refractivity contribution in [1.29, 1.82) is 0 Å². The summed E-state index contributed by atoms with van der Waals surface area (Å²) in [5.74, 6) is -0.174. The van der Waals surface area contributed by atoms with Crippen molar-refractivity contribution >= 4 is 5.97 Å². The minimum absolute atomic E-state index is 0.290. The molecule has 4 heteroatoms. The van der Waals surface area contributed by atoms with Crippen LogP contribution in [0.25, 0.3) is 0 Å². The number of carbonyl (C=O) groups is 1. The summed E-state index contributed by atoms with van der Waals surface area (Å²) in [4.78, 5) is 13.2. The topological polar surface area (TPSA) is 49.8 Å². The number of hydrogen-bond acceptors (Lipinski definition) is 3. The van der Waals surface area contributed by atoms with Crippen LogP contribution in [0.3, 0.4) is 0 Å². The van der Waals surface area contributed by atoms with Crippen molar-refractivity contribution in [3.05, 3.63) is 29.8 Å². The van der Waals surface area contributed by atoms with Gasteiger partial charge in [-0.2, -0.15) is 0 Å². The Morgan fingerprint density at radius 1 is 1.30 bits per heavy atom. The third-order valence-electron chi connectivity index (χ3n) is 3.94. The van der Waals surface area contributed by atoms with E-state index in [1.807, 2.05) is 0 Å². The van der Waals surface area contributed by atoms with E-state index in [1.54, 1.807) is 24.3 Å². The average molecular weight is 277 g/mol. The van der Waals surface area contributed by atoms with Gasteiger partial charge in [-0.25, -0.2) is 4.79 Å². The fraction of sp³-hybridized carbons (Fsp3) is 0.562. The van der Waals surface area contributed by atoms with Gasteiger partial charge in [-0.05, 0) is 50.6 Å². The van der Waals surface area contributed by atoms with Crippen molar-refractivity contribution in [1.82, 2.24) is 4.90 Å². The zero-order valence-corrected chi connectivity index (χ0v) is 12.0. The zero-order valence-electron chi connectivity index (χ0n) is 12.0. The van der Waals surface area contributed by atoms with Gasteiger partial charge in [-0.1, -0.05) is 12.8 Å². The molecule has 1 heterocycles. The molecule has 1 aromatic rings. The third kappa shape index (κ3) is 4.23. The molecule has 0 aliphatic carbocycles. The van der Waals surface area contributed by atoms with E-state index in [4.69, 9.17) is 9.84 Å². The van der Waals surface area contributed by atoms with Crippen molar-refractivity contribution in [2.75, 3.05) is 19.7 Å². The molecule has 1 aliphatic rings. The molecule has 4 nitrogen and oxygen atoms in total. The lowest BCUT2D eigenvalue weighted by Gasteiger charge is -2.26. The molecule has 0 spiro atoms. The Bertz CT molecular complexity index is 430. The van der Waals surface area contributed by atoms with Crippen LogP contribution in [0.1, 0.15) is 43.0 Å². The van der Waals surface area contributed by atoms with Crippen LogP contribution in [-0.4, -0.2) is 41.7 Å². The van der Waals surface area contributed by atoms with Crippen LogP contribution in [-0.2, 0) is 0 Å². The lowest BCUT2D eigenvalue weighted by Crippen LogP contribution is -2.35. The number of likely N-dealkylation sites (tertiary alicyclic amines) is 1. The second kappa shape index (κ2) is 7.29. The maximum Gasteiger partial charge on any atom is 0.335 e. The first kappa shape index (κ1) is 14.9. The van der Waals surface area contributed by atoms with Crippen LogP contribution in [0.2, 0.25) is 0 Å². The van der Waals surface area contributed by atoms with Gasteiger partial charge in [0.1, 0.15) is 12.4 Å². The summed E-state index contributed by atoms with van der Waals surface area (Å²) < 4.78 is 5.70. The lowest BCUT2D eigenvalue weighted by molar-refractivity contribution is 0.0697. The maximum absolute atomic E-state index is 10.8. The van der Waals surface area contributed by atoms with Crippen LogP contribution < -0.4 is 4.74 Å². The largest absolute Gasteiger partial charge is 0.492 e. The molecular weight excluding hydrogens is 254 g/mol. The quantitative estimate of drug-likeness (QED) is 0.898. The number of carboxylic acid groups (broad SMARTS) is 1. The number of benzene rings is 1. The molecule has 1 saturated heterocycles. The summed E-state index contributed by atoms with van der Waals surface area (Å²) >= 11 is 0. The third-order valence-corrected chi connectivity index (χ3v) is 3.94. The monoisotopic (exact) mass is 277 g/mol. The van der Waals surface area contributed by atoms with E-state index >= 15 is 0 Å². The summed E-state index contributed by atoms with van der Waals surface area (Å²) in [6.07, 6.45) is 5.21. The van der Waals surface area contributed by atoms with Crippen LogP contribution in [0.5, 0.6) is 5.75 Å². The molecule has 1 N–H and O–H groups in total. The number of rotatable bonds is 5. The molecule has 0 amide bonds. The molecule has 0 bridgehead atoms. The molecule has 0 saturated carbocycles. The van der Waals surface area contributed by atoms with E-state index in [2.05, 4.69) is 11.8 Å². The lowest BCUT2D eigenvalue weighted by atomic mass is 10.1. The van der Waals surface area contributed by atoms with Gasteiger partial charge in [0.25, 0.3) is 0 Å². The van der Waals surface area contributed by atoms with E-state index in [9.17, 15) is 4.79 Å². The first-order chi connectivity index (χ1) is 9.66. The number of hydrogen-bond donors (Lipinski definition) is 1. The Kier molecular flexibility index (Phi) is 5.41. The Hall–Kier alpha value is -1.55. The molecule has 0 radical (unpaired) electrons. The summed E-state index contributed by atoms with van der Waals surface area (Å²) in [5.41, 5.74) is 0.290. The Labute approximate surface area is 120 Å². The van der Waals surface area contributed by atoms with Crippen molar-refractivity contribution in [2.45, 2.75) is 38.6 Å². The summed E-state index contributed by atoms with van der Waals surface area (Å²) in [7, 11) is 0. The van der Waals surface area contributed by atoms with Gasteiger partial charge in [-0.15, -0.1) is 0 Å². The number of nitrogens with zero attached hydrogens (tertiary/aromatic N) is 1. The number of aromatic carboxylic acids is 1.